The summed E-state index contributed by atoms with van der Waals surface area (Å²) in [6.07, 6.45) is 8.00. The number of fused-ring (bicyclic) bond motifs is 1. The number of benzene rings is 2. The number of allylic oxidation sites excluding steroid dienone is 1. The largest absolute Gasteiger partial charge is 0.451 e. The van der Waals surface area contributed by atoms with Crippen LogP contribution in [0, 0.1) is 20.8 Å². The van der Waals surface area contributed by atoms with Crippen molar-refractivity contribution >= 4 is 11.4 Å². The lowest BCUT2D eigenvalue weighted by atomic mass is 9.98. The minimum absolute atomic E-state index is 0.544. The van der Waals surface area contributed by atoms with Gasteiger partial charge in [-0.05, 0) is 74.2 Å². The number of hydrogen-bond donors (Lipinski definition) is 2. The molecule has 0 atom stereocenters. The van der Waals surface area contributed by atoms with Crippen molar-refractivity contribution in [2.75, 3.05) is 4.90 Å². The quantitative estimate of drug-likeness (QED) is 0.655. The van der Waals surface area contributed by atoms with Crippen molar-refractivity contribution in [1.29, 1.82) is 0 Å². The fourth-order valence-electron chi connectivity index (χ4n) is 3.87. The van der Waals surface area contributed by atoms with Crippen LogP contribution in [-0.2, 0) is 6.42 Å². The summed E-state index contributed by atoms with van der Waals surface area (Å²) in [6, 6.07) is 10.7. The van der Waals surface area contributed by atoms with Crippen LogP contribution in [0.15, 0.2) is 54.2 Å². The molecule has 4 nitrogen and oxygen atoms in total. The maximum atomic E-state index is 6.54. The molecule has 28 heavy (non-hydrogen) atoms. The molecule has 0 saturated carbocycles. The highest BCUT2D eigenvalue weighted by Gasteiger charge is 2.28. The topological polar surface area (TPSA) is 64.5 Å². The van der Waals surface area contributed by atoms with Crippen molar-refractivity contribution in [2.45, 2.75) is 53.4 Å². The van der Waals surface area contributed by atoms with Crippen LogP contribution in [0.4, 0.5) is 11.4 Å². The molecule has 0 aromatic heterocycles. The number of hydrogen-bond acceptors (Lipinski definition) is 4. The molecule has 1 heterocycles. The van der Waals surface area contributed by atoms with E-state index >= 15 is 0 Å². The fraction of sp³-hybridized carbons (Fsp3) is 0.333. The lowest BCUT2D eigenvalue weighted by molar-refractivity contribution is 0.426. The summed E-state index contributed by atoms with van der Waals surface area (Å²) in [5.41, 5.74) is 19.2. The van der Waals surface area contributed by atoms with Crippen LogP contribution in [0.3, 0.4) is 0 Å². The van der Waals surface area contributed by atoms with Gasteiger partial charge in [-0.2, -0.15) is 0 Å². The van der Waals surface area contributed by atoms with E-state index in [1.165, 1.54) is 42.2 Å². The zero-order valence-corrected chi connectivity index (χ0v) is 17.4. The van der Waals surface area contributed by atoms with Crippen molar-refractivity contribution in [3.63, 3.8) is 0 Å². The van der Waals surface area contributed by atoms with Gasteiger partial charge in [-0.3, -0.25) is 4.90 Å². The Bertz CT molecular complexity index is 904. The van der Waals surface area contributed by atoms with Gasteiger partial charge in [0.05, 0.1) is 11.4 Å². The number of rotatable bonds is 6. The summed E-state index contributed by atoms with van der Waals surface area (Å²) in [7, 11) is 0. The molecule has 0 spiro atoms. The molecule has 148 valence electrons. The molecule has 0 fully saturated rings. The molecule has 0 aliphatic carbocycles. The standard InChI is InChI=1S/C24H31N3O/c1-5-6-7-8-19-14-17(3)23(18(4)15-19)27-20-10-9-16(2)13-22(20)28-21(11-12-25)24(27)26/h9-15H,5-8,25-26H2,1-4H3/b12-11-. The number of nitrogens with two attached hydrogens (primary N) is 2. The van der Waals surface area contributed by atoms with Crippen LogP contribution in [0.5, 0.6) is 5.75 Å². The van der Waals surface area contributed by atoms with Gasteiger partial charge >= 0.3 is 0 Å². The molecule has 2 aromatic rings. The summed E-state index contributed by atoms with van der Waals surface area (Å²) in [4.78, 5) is 2.09. The molecule has 1 aliphatic heterocycles. The Kier molecular flexibility index (Phi) is 5.98. The minimum atomic E-state index is 0.544. The van der Waals surface area contributed by atoms with Crippen molar-refractivity contribution in [2.24, 2.45) is 11.5 Å². The molecule has 0 saturated heterocycles. The molecule has 0 amide bonds. The number of aryl methyl sites for hydroxylation is 4. The Morgan fingerprint density at radius 1 is 1.04 bits per heavy atom. The number of anilines is 2. The van der Waals surface area contributed by atoms with Gasteiger partial charge in [-0.1, -0.05) is 38.0 Å². The maximum Gasteiger partial charge on any atom is 0.169 e. The third kappa shape index (κ3) is 3.86. The summed E-state index contributed by atoms with van der Waals surface area (Å²) in [5, 5.41) is 0. The first-order valence-corrected chi connectivity index (χ1v) is 10.0. The first-order valence-electron chi connectivity index (χ1n) is 10.0. The van der Waals surface area contributed by atoms with Gasteiger partial charge in [-0.15, -0.1) is 0 Å². The first kappa shape index (κ1) is 19.9. The van der Waals surface area contributed by atoms with E-state index < -0.39 is 0 Å². The van der Waals surface area contributed by atoms with Crippen LogP contribution in [0.25, 0.3) is 0 Å². The van der Waals surface area contributed by atoms with Gasteiger partial charge in [0.1, 0.15) is 0 Å². The fourth-order valence-corrected chi connectivity index (χ4v) is 3.87. The van der Waals surface area contributed by atoms with E-state index in [9.17, 15) is 0 Å². The molecule has 2 aromatic carbocycles. The monoisotopic (exact) mass is 377 g/mol. The average molecular weight is 378 g/mol. The van der Waals surface area contributed by atoms with Crippen LogP contribution in [0.1, 0.15) is 48.4 Å². The van der Waals surface area contributed by atoms with Gasteiger partial charge in [0.2, 0.25) is 0 Å². The summed E-state index contributed by atoms with van der Waals surface area (Å²) >= 11 is 0. The molecule has 4 heteroatoms. The third-order valence-corrected chi connectivity index (χ3v) is 5.16. The molecule has 0 unspecified atom stereocenters. The highest BCUT2D eigenvalue weighted by molar-refractivity contribution is 5.79. The Labute approximate surface area is 168 Å². The van der Waals surface area contributed by atoms with Gasteiger partial charge in [0.25, 0.3) is 0 Å². The second kappa shape index (κ2) is 8.42. The van der Waals surface area contributed by atoms with Gasteiger partial charge in [-0.25, -0.2) is 0 Å². The van der Waals surface area contributed by atoms with E-state index in [-0.39, 0.29) is 0 Å². The highest BCUT2D eigenvalue weighted by Crippen LogP contribution is 2.44. The van der Waals surface area contributed by atoms with E-state index in [2.05, 4.69) is 56.9 Å². The summed E-state index contributed by atoms with van der Waals surface area (Å²) < 4.78 is 6.03. The highest BCUT2D eigenvalue weighted by atomic mass is 16.5. The van der Waals surface area contributed by atoms with Gasteiger partial charge in [0, 0.05) is 6.08 Å². The Hall–Kier alpha value is -2.88. The smallest absolute Gasteiger partial charge is 0.169 e. The summed E-state index contributed by atoms with van der Waals surface area (Å²) in [5.74, 6) is 1.89. The zero-order chi connectivity index (χ0) is 20.3. The van der Waals surface area contributed by atoms with Crippen molar-refractivity contribution in [1.82, 2.24) is 0 Å². The molecule has 0 bridgehead atoms. The van der Waals surface area contributed by atoms with E-state index in [1.807, 2.05) is 6.07 Å². The summed E-state index contributed by atoms with van der Waals surface area (Å²) in [6.45, 7) is 8.59. The normalized spacial score (nSPS) is 13.8. The number of nitrogens with zero attached hydrogens (tertiary/aromatic N) is 1. The van der Waals surface area contributed by atoms with Crippen molar-refractivity contribution < 1.29 is 4.74 Å². The minimum Gasteiger partial charge on any atom is -0.451 e. The molecule has 1 aliphatic rings. The first-order chi connectivity index (χ1) is 13.5. The lowest BCUT2D eigenvalue weighted by Crippen LogP contribution is -2.30. The SMILES string of the molecule is CCCCCc1cc(C)c(N2C(N)=C(/C=C\N)Oc3cc(C)ccc32)c(C)c1. The predicted octanol–water partition coefficient (Wildman–Crippen LogP) is 5.48. The Morgan fingerprint density at radius 3 is 2.39 bits per heavy atom. The van der Waals surface area contributed by atoms with Crippen molar-refractivity contribution in [3.8, 4) is 5.75 Å². The van der Waals surface area contributed by atoms with Crippen molar-refractivity contribution in [3.05, 3.63) is 76.4 Å². The Balaban J connectivity index is 2.10. The van der Waals surface area contributed by atoms with Crippen LogP contribution < -0.4 is 21.1 Å². The van der Waals surface area contributed by atoms with E-state index in [0.29, 0.717) is 11.6 Å². The third-order valence-electron chi connectivity index (χ3n) is 5.16. The molecule has 0 radical (unpaired) electrons. The number of unbranched alkanes of at least 4 members (excludes halogenated alkanes) is 2. The van der Waals surface area contributed by atoms with E-state index in [1.54, 1.807) is 6.08 Å². The molecule has 3 rings (SSSR count). The van der Waals surface area contributed by atoms with Crippen LogP contribution in [-0.4, -0.2) is 0 Å². The number of ether oxygens (including phenoxy) is 1. The second-order valence-electron chi connectivity index (χ2n) is 7.55. The van der Waals surface area contributed by atoms with Crippen LogP contribution >= 0.6 is 0 Å². The average Bonchev–Trinajstić information content (AvgIpc) is 2.64. The molecular formula is C24H31N3O. The van der Waals surface area contributed by atoms with E-state index in [0.717, 1.165) is 29.1 Å². The lowest BCUT2D eigenvalue weighted by Gasteiger charge is -2.34. The van der Waals surface area contributed by atoms with Gasteiger partial charge < -0.3 is 16.2 Å². The van der Waals surface area contributed by atoms with Crippen LogP contribution in [0.2, 0.25) is 0 Å². The Morgan fingerprint density at radius 2 is 1.75 bits per heavy atom. The molecule has 4 N–H and O–H groups in total. The second-order valence-corrected chi connectivity index (χ2v) is 7.55. The van der Waals surface area contributed by atoms with Gasteiger partial charge in [0.15, 0.2) is 17.3 Å². The zero-order valence-electron chi connectivity index (χ0n) is 17.4. The van der Waals surface area contributed by atoms with E-state index in [4.69, 9.17) is 16.2 Å². The molecular weight excluding hydrogens is 346 g/mol. The maximum absolute atomic E-state index is 6.54. The predicted molar refractivity (Wildman–Crippen MR) is 118 cm³/mol.